The molecule has 0 bridgehead atoms. The summed E-state index contributed by atoms with van der Waals surface area (Å²) in [4.78, 5) is 6.14. The second kappa shape index (κ2) is 4.94. The molecule has 3 aromatic rings. The van der Waals surface area contributed by atoms with Gasteiger partial charge in [-0.25, -0.2) is 4.98 Å². The third-order valence-corrected chi connectivity index (χ3v) is 3.96. The topological polar surface area (TPSA) is 17.8 Å². The van der Waals surface area contributed by atoms with Gasteiger partial charge in [0.25, 0.3) is 0 Å². The van der Waals surface area contributed by atoms with Crippen molar-refractivity contribution >= 4 is 22.4 Å². The Labute approximate surface area is 111 Å². The third-order valence-electron chi connectivity index (χ3n) is 3.10. The maximum Gasteiger partial charge on any atom is 0.110 e. The molecule has 18 heavy (non-hydrogen) atoms. The molecule has 0 radical (unpaired) electrons. The molecule has 0 saturated carbocycles. The Kier molecular flexibility index (Phi) is 3.15. The zero-order valence-corrected chi connectivity index (χ0v) is 11.3. The number of thiophene rings is 1. The summed E-state index contributed by atoms with van der Waals surface area (Å²) in [5.41, 5.74) is 2.35. The van der Waals surface area contributed by atoms with Crippen LogP contribution in [0.25, 0.3) is 11.0 Å². The van der Waals surface area contributed by atoms with E-state index in [4.69, 9.17) is 4.98 Å². The minimum absolute atomic E-state index is 0.938. The Morgan fingerprint density at radius 1 is 1.17 bits per heavy atom. The molecule has 2 heterocycles. The molecule has 2 aromatic heterocycles. The van der Waals surface area contributed by atoms with Crippen LogP contribution in [0.4, 0.5) is 0 Å². The van der Waals surface area contributed by atoms with Gasteiger partial charge in [0.15, 0.2) is 0 Å². The second-order valence-electron chi connectivity index (χ2n) is 4.43. The van der Waals surface area contributed by atoms with Crippen LogP contribution >= 0.6 is 11.3 Å². The normalized spacial score (nSPS) is 11.2. The van der Waals surface area contributed by atoms with Crippen LogP contribution in [0.15, 0.2) is 41.8 Å². The van der Waals surface area contributed by atoms with Crippen molar-refractivity contribution in [2.45, 2.75) is 26.3 Å². The Balaban J connectivity index is 2.09. The standard InChI is InChI=1S/C15H16N2S/c1-2-6-15-16-13-8-3-4-9-14(13)17(15)11-12-7-5-10-18-12/h3-5,7-10H,2,6,11H2,1H3. The van der Waals surface area contributed by atoms with Crippen molar-refractivity contribution in [1.29, 1.82) is 0 Å². The number of hydrogen-bond donors (Lipinski definition) is 0. The van der Waals surface area contributed by atoms with E-state index in [1.54, 1.807) is 0 Å². The summed E-state index contributed by atoms with van der Waals surface area (Å²) in [6.45, 7) is 3.14. The number of nitrogens with zero attached hydrogens (tertiary/aromatic N) is 2. The first-order chi connectivity index (χ1) is 8.88. The van der Waals surface area contributed by atoms with Crippen molar-refractivity contribution in [1.82, 2.24) is 9.55 Å². The molecule has 0 N–H and O–H groups in total. The Morgan fingerprint density at radius 2 is 2.06 bits per heavy atom. The van der Waals surface area contributed by atoms with Gasteiger partial charge >= 0.3 is 0 Å². The van der Waals surface area contributed by atoms with Gasteiger partial charge < -0.3 is 4.57 Å². The highest BCUT2D eigenvalue weighted by Crippen LogP contribution is 2.20. The van der Waals surface area contributed by atoms with Crippen molar-refractivity contribution in [3.63, 3.8) is 0 Å². The number of fused-ring (bicyclic) bond motifs is 1. The average molecular weight is 256 g/mol. The van der Waals surface area contributed by atoms with Gasteiger partial charge in [0.1, 0.15) is 5.82 Å². The maximum absolute atomic E-state index is 4.75. The van der Waals surface area contributed by atoms with Crippen LogP contribution in [0, 0.1) is 0 Å². The molecule has 1 aromatic carbocycles. The second-order valence-corrected chi connectivity index (χ2v) is 5.46. The fourth-order valence-corrected chi connectivity index (χ4v) is 2.97. The van der Waals surface area contributed by atoms with Crippen LogP contribution < -0.4 is 0 Å². The van der Waals surface area contributed by atoms with Crippen LogP contribution in [0.5, 0.6) is 0 Å². The van der Waals surface area contributed by atoms with Gasteiger partial charge in [-0.1, -0.05) is 25.1 Å². The Morgan fingerprint density at radius 3 is 2.83 bits per heavy atom. The summed E-state index contributed by atoms with van der Waals surface area (Å²) in [7, 11) is 0. The highest BCUT2D eigenvalue weighted by Gasteiger charge is 2.10. The van der Waals surface area contributed by atoms with Gasteiger partial charge in [0, 0.05) is 11.3 Å². The van der Waals surface area contributed by atoms with Crippen molar-refractivity contribution < 1.29 is 0 Å². The van der Waals surface area contributed by atoms with E-state index < -0.39 is 0 Å². The first-order valence-corrected chi connectivity index (χ1v) is 7.23. The molecule has 0 aliphatic heterocycles. The number of aromatic nitrogens is 2. The van der Waals surface area contributed by atoms with Crippen LogP contribution in [-0.2, 0) is 13.0 Å². The number of rotatable bonds is 4. The molecule has 0 fully saturated rings. The molecule has 0 aliphatic rings. The van der Waals surface area contributed by atoms with E-state index in [1.807, 2.05) is 11.3 Å². The first-order valence-electron chi connectivity index (χ1n) is 6.35. The molecular weight excluding hydrogens is 240 g/mol. The largest absolute Gasteiger partial charge is 0.323 e. The summed E-state index contributed by atoms with van der Waals surface area (Å²) >= 11 is 1.81. The minimum Gasteiger partial charge on any atom is -0.323 e. The van der Waals surface area contributed by atoms with Crippen LogP contribution in [-0.4, -0.2) is 9.55 Å². The van der Waals surface area contributed by atoms with Gasteiger partial charge in [-0.2, -0.15) is 0 Å². The van der Waals surface area contributed by atoms with Crippen LogP contribution in [0.1, 0.15) is 24.0 Å². The van der Waals surface area contributed by atoms with Crippen molar-refractivity contribution in [3.8, 4) is 0 Å². The first kappa shape index (κ1) is 11.5. The number of imidazole rings is 1. The van der Waals surface area contributed by atoms with Crippen molar-refractivity contribution in [2.75, 3.05) is 0 Å². The zero-order valence-electron chi connectivity index (χ0n) is 10.5. The van der Waals surface area contributed by atoms with Gasteiger partial charge in [-0.05, 0) is 30.0 Å². The summed E-state index contributed by atoms with van der Waals surface area (Å²) in [6, 6.07) is 12.7. The highest BCUT2D eigenvalue weighted by molar-refractivity contribution is 7.09. The lowest BCUT2D eigenvalue weighted by atomic mass is 10.3. The van der Waals surface area contributed by atoms with E-state index in [0.717, 1.165) is 24.9 Å². The van der Waals surface area contributed by atoms with Gasteiger partial charge in [-0.3, -0.25) is 0 Å². The van der Waals surface area contributed by atoms with E-state index in [0.29, 0.717) is 0 Å². The SMILES string of the molecule is CCCc1nc2ccccc2n1Cc1cccs1. The quantitative estimate of drug-likeness (QED) is 0.687. The molecule has 0 atom stereocenters. The predicted molar refractivity (Wildman–Crippen MR) is 77.1 cm³/mol. The molecule has 0 unspecified atom stereocenters. The lowest BCUT2D eigenvalue weighted by Gasteiger charge is -2.07. The van der Waals surface area contributed by atoms with Crippen molar-refractivity contribution in [2.24, 2.45) is 0 Å². The lowest BCUT2D eigenvalue weighted by Crippen LogP contribution is -2.03. The summed E-state index contributed by atoms with van der Waals surface area (Å²) in [5.74, 6) is 1.20. The third kappa shape index (κ3) is 2.06. The minimum atomic E-state index is 0.938. The van der Waals surface area contributed by atoms with E-state index in [2.05, 4.69) is 53.3 Å². The summed E-state index contributed by atoms with van der Waals surface area (Å²) < 4.78 is 2.35. The Bertz CT molecular complexity index is 638. The average Bonchev–Trinajstić information content (AvgIpc) is 3.00. The monoisotopic (exact) mass is 256 g/mol. The van der Waals surface area contributed by atoms with Crippen LogP contribution in [0.3, 0.4) is 0 Å². The van der Waals surface area contributed by atoms with Crippen molar-refractivity contribution in [3.05, 3.63) is 52.5 Å². The number of aryl methyl sites for hydroxylation is 1. The number of benzene rings is 1. The zero-order chi connectivity index (χ0) is 12.4. The summed E-state index contributed by atoms with van der Waals surface area (Å²) in [6.07, 6.45) is 2.17. The molecule has 0 saturated heterocycles. The number of para-hydroxylation sites is 2. The molecule has 92 valence electrons. The fraction of sp³-hybridized carbons (Fsp3) is 0.267. The van der Waals surface area contributed by atoms with E-state index in [1.165, 1.54) is 16.2 Å². The van der Waals surface area contributed by atoms with Crippen LogP contribution in [0.2, 0.25) is 0 Å². The maximum atomic E-state index is 4.75. The van der Waals surface area contributed by atoms with Gasteiger partial charge in [0.05, 0.1) is 17.6 Å². The predicted octanol–water partition coefficient (Wildman–Crippen LogP) is 4.10. The van der Waals surface area contributed by atoms with E-state index >= 15 is 0 Å². The van der Waals surface area contributed by atoms with Gasteiger partial charge in [0.2, 0.25) is 0 Å². The Hall–Kier alpha value is -1.61. The highest BCUT2D eigenvalue weighted by atomic mass is 32.1. The number of hydrogen-bond acceptors (Lipinski definition) is 2. The lowest BCUT2D eigenvalue weighted by molar-refractivity contribution is 0.728. The fourth-order valence-electron chi connectivity index (χ4n) is 2.27. The molecule has 0 spiro atoms. The molecule has 3 heteroatoms. The molecule has 3 rings (SSSR count). The molecule has 2 nitrogen and oxygen atoms in total. The van der Waals surface area contributed by atoms with E-state index in [9.17, 15) is 0 Å². The van der Waals surface area contributed by atoms with Gasteiger partial charge in [-0.15, -0.1) is 11.3 Å². The summed E-state index contributed by atoms with van der Waals surface area (Å²) in [5, 5.41) is 2.13. The molecule has 0 aliphatic carbocycles. The van der Waals surface area contributed by atoms with E-state index in [-0.39, 0.29) is 0 Å². The molecular formula is C15H16N2S. The smallest absolute Gasteiger partial charge is 0.110 e. The molecule has 0 amide bonds.